The minimum absolute atomic E-state index is 0.0365. The Labute approximate surface area is 275 Å². The van der Waals surface area contributed by atoms with Crippen LogP contribution in [0.5, 0.6) is 0 Å². The van der Waals surface area contributed by atoms with Gasteiger partial charge in [0.15, 0.2) is 0 Å². The van der Waals surface area contributed by atoms with E-state index in [1.165, 1.54) is 6.92 Å². The largest absolute Gasteiger partial charge is 0.490 e. The van der Waals surface area contributed by atoms with Gasteiger partial charge in [-0.2, -0.15) is 13.2 Å². The van der Waals surface area contributed by atoms with Gasteiger partial charge in [0, 0.05) is 39.1 Å². The summed E-state index contributed by atoms with van der Waals surface area (Å²) < 4.78 is 37.1. The number of nitrogens with one attached hydrogen (secondary N) is 1. The van der Waals surface area contributed by atoms with Crippen molar-refractivity contribution >= 4 is 35.8 Å². The Morgan fingerprint density at radius 1 is 0.938 bits per heavy atom. The fourth-order valence-electron chi connectivity index (χ4n) is 4.56. The van der Waals surface area contributed by atoms with E-state index in [4.69, 9.17) is 36.3 Å². The van der Waals surface area contributed by atoms with E-state index in [-0.39, 0.29) is 37.0 Å². The number of carbonyl (C=O) groups excluding carboxylic acids is 3. The average molecular weight is 692 g/mol. The molecule has 8 N–H and O–H groups in total. The molecule has 2 aliphatic rings. The second kappa shape index (κ2) is 20.7. The molecule has 0 spiro atoms. The Morgan fingerprint density at radius 2 is 1.50 bits per heavy atom. The van der Waals surface area contributed by atoms with Crippen LogP contribution >= 0.6 is 0 Å². The molecule has 0 radical (unpaired) electrons. The fourth-order valence-corrected chi connectivity index (χ4v) is 4.56. The molecule has 2 heterocycles. The van der Waals surface area contributed by atoms with Gasteiger partial charge in [-0.05, 0) is 50.5 Å². The number of carbonyl (C=O) groups is 6. The van der Waals surface area contributed by atoms with Crippen molar-refractivity contribution in [2.75, 3.05) is 32.7 Å². The highest BCUT2D eigenvalue weighted by molar-refractivity contribution is 5.82. The molecule has 1 aromatic rings. The second-order valence-corrected chi connectivity index (χ2v) is 11.3. The number of aliphatic carboxylic acids is 3. The van der Waals surface area contributed by atoms with Crippen LogP contribution in [0.25, 0.3) is 0 Å². The number of nitrogens with two attached hydrogens (primary N) is 2. The Bertz CT molecular complexity index is 1210. The highest BCUT2D eigenvalue weighted by atomic mass is 19.4. The van der Waals surface area contributed by atoms with Gasteiger partial charge in [0.1, 0.15) is 18.7 Å². The van der Waals surface area contributed by atoms with Crippen LogP contribution in [-0.4, -0.2) is 112 Å². The van der Waals surface area contributed by atoms with E-state index in [0.29, 0.717) is 44.9 Å². The number of hydrogen-bond donors (Lipinski definition) is 6. The highest BCUT2D eigenvalue weighted by Gasteiger charge is 2.38. The van der Waals surface area contributed by atoms with Gasteiger partial charge in [0.05, 0.1) is 5.92 Å². The molecule has 1 aromatic carbocycles. The monoisotopic (exact) mass is 691 g/mol. The molecule has 0 aliphatic carbocycles. The first kappa shape index (κ1) is 41.6. The summed E-state index contributed by atoms with van der Waals surface area (Å²) in [6.07, 6.45) is -1.14. The van der Waals surface area contributed by atoms with Crippen LogP contribution in [0.15, 0.2) is 30.3 Å². The van der Waals surface area contributed by atoms with Crippen molar-refractivity contribution in [2.45, 2.75) is 70.3 Å². The van der Waals surface area contributed by atoms with Crippen LogP contribution in [0, 0.1) is 11.8 Å². The zero-order valence-corrected chi connectivity index (χ0v) is 26.6. The van der Waals surface area contributed by atoms with Crippen molar-refractivity contribution in [3.05, 3.63) is 35.9 Å². The first-order valence-electron chi connectivity index (χ1n) is 15.2. The van der Waals surface area contributed by atoms with Crippen LogP contribution in [0.1, 0.15) is 51.0 Å². The van der Waals surface area contributed by atoms with E-state index >= 15 is 0 Å². The fraction of sp³-hybridized carbons (Fsp3) is 0.600. The topological polar surface area (TPSA) is 243 Å². The molecule has 3 rings (SSSR count). The van der Waals surface area contributed by atoms with E-state index < -0.39 is 36.2 Å². The zero-order chi connectivity index (χ0) is 36.4. The van der Waals surface area contributed by atoms with Crippen LogP contribution in [0.3, 0.4) is 0 Å². The summed E-state index contributed by atoms with van der Waals surface area (Å²) in [4.78, 5) is 70.2. The third-order valence-corrected chi connectivity index (χ3v) is 7.43. The minimum atomic E-state index is -5.08. The SMILES string of the molecule is CC(N)C(=O)O.NC(CNC(=O)[C@@H]1CCCN(C(=O)CCC2CCN(C(=O)OCc3ccccc3)CC2)C1)C(=O)O.O=C(O)C(F)(F)F. The van der Waals surface area contributed by atoms with Gasteiger partial charge >= 0.3 is 30.2 Å². The molecule has 0 bridgehead atoms. The quantitative estimate of drug-likeness (QED) is 0.205. The van der Waals surface area contributed by atoms with Crippen molar-refractivity contribution < 1.29 is 62.0 Å². The summed E-state index contributed by atoms with van der Waals surface area (Å²) in [5, 5.41) is 26.4. The minimum Gasteiger partial charge on any atom is -0.480 e. The molecule has 0 saturated carbocycles. The van der Waals surface area contributed by atoms with Gasteiger partial charge < -0.3 is 46.6 Å². The maximum Gasteiger partial charge on any atom is 0.490 e. The van der Waals surface area contributed by atoms with Gasteiger partial charge in [-0.15, -0.1) is 0 Å². The molecular weight excluding hydrogens is 647 g/mol. The lowest BCUT2D eigenvalue weighted by Crippen LogP contribution is -2.48. The Hall–Kier alpha value is -4.45. The number of halogens is 3. The number of ether oxygens (including phenoxy) is 1. The molecule has 2 saturated heterocycles. The summed E-state index contributed by atoms with van der Waals surface area (Å²) >= 11 is 0. The van der Waals surface area contributed by atoms with Crippen molar-refractivity contribution in [2.24, 2.45) is 23.3 Å². The lowest BCUT2D eigenvalue weighted by Gasteiger charge is -2.34. The van der Waals surface area contributed by atoms with E-state index in [0.717, 1.165) is 31.2 Å². The number of carboxylic acids is 3. The molecular formula is C30H44F3N5O10. The predicted octanol–water partition coefficient (Wildman–Crippen LogP) is 1.63. The molecule has 2 unspecified atom stereocenters. The number of likely N-dealkylation sites (tertiary alicyclic amines) is 2. The van der Waals surface area contributed by atoms with Gasteiger partial charge in [0.25, 0.3) is 0 Å². The molecule has 270 valence electrons. The number of benzene rings is 1. The van der Waals surface area contributed by atoms with Crippen LogP contribution in [0.4, 0.5) is 18.0 Å². The lowest BCUT2D eigenvalue weighted by atomic mass is 9.91. The maximum absolute atomic E-state index is 12.8. The van der Waals surface area contributed by atoms with E-state index in [1.54, 1.807) is 9.80 Å². The Balaban J connectivity index is 0.000000747. The van der Waals surface area contributed by atoms with Gasteiger partial charge in [-0.3, -0.25) is 19.2 Å². The predicted molar refractivity (Wildman–Crippen MR) is 163 cm³/mol. The third kappa shape index (κ3) is 16.4. The molecule has 3 atom stereocenters. The maximum atomic E-state index is 12.8. The van der Waals surface area contributed by atoms with E-state index in [9.17, 15) is 37.1 Å². The van der Waals surface area contributed by atoms with Crippen molar-refractivity contribution in [3.63, 3.8) is 0 Å². The Kier molecular flexibility index (Phi) is 17.9. The molecule has 0 aromatic heterocycles. The molecule has 2 aliphatic heterocycles. The highest BCUT2D eigenvalue weighted by Crippen LogP contribution is 2.24. The molecule has 2 fully saturated rings. The number of rotatable bonds is 10. The van der Waals surface area contributed by atoms with Gasteiger partial charge in [0.2, 0.25) is 11.8 Å². The van der Waals surface area contributed by atoms with E-state index in [1.807, 2.05) is 30.3 Å². The molecule has 3 amide bonds. The second-order valence-electron chi connectivity index (χ2n) is 11.3. The summed E-state index contributed by atoms with van der Waals surface area (Å²) in [6.45, 7) is 3.77. The van der Waals surface area contributed by atoms with E-state index in [2.05, 4.69) is 5.32 Å². The number of amides is 3. The van der Waals surface area contributed by atoms with Crippen molar-refractivity contribution in [1.29, 1.82) is 0 Å². The molecule has 48 heavy (non-hydrogen) atoms. The van der Waals surface area contributed by atoms with Crippen LogP contribution < -0.4 is 16.8 Å². The lowest BCUT2D eigenvalue weighted by molar-refractivity contribution is -0.192. The first-order chi connectivity index (χ1) is 22.4. The zero-order valence-electron chi connectivity index (χ0n) is 26.6. The van der Waals surface area contributed by atoms with Crippen molar-refractivity contribution in [3.8, 4) is 0 Å². The smallest absolute Gasteiger partial charge is 0.480 e. The first-order valence-corrected chi connectivity index (χ1v) is 15.2. The number of piperidine rings is 2. The Morgan fingerprint density at radius 3 is 2.00 bits per heavy atom. The number of alkyl halides is 3. The van der Waals surface area contributed by atoms with Crippen molar-refractivity contribution in [1.82, 2.24) is 15.1 Å². The molecule has 15 nitrogen and oxygen atoms in total. The normalized spacial score (nSPS) is 17.7. The number of hydrogen-bond acceptors (Lipinski definition) is 9. The standard InChI is InChI=1S/C25H36N4O6.C3H7NO2.C2HF3O2/c26-21(24(32)33)15-27-23(31)20-7-4-12-29(16-20)22(30)9-8-18-10-13-28(14-11-18)25(34)35-17-19-5-2-1-3-6-19;1-2(4)3(5)6;3-2(4,5)1(6)7/h1-3,5-6,18,20-21H,4,7-17,26H2,(H,27,31)(H,32,33);2H,4H2,1H3,(H,5,6);(H,6,7)/t20-,21?;;/m1../s1. The number of carboxylic acid groups (broad SMARTS) is 3. The molecule has 18 heteroatoms. The van der Waals surface area contributed by atoms with Crippen LogP contribution in [-0.2, 0) is 35.3 Å². The number of nitrogens with zero attached hydrogens (tertiary/aromatic N) is 2. The average Bonchev–Trinajstić information content (AvgIpc) is 3.05. The summed E-state index contributed by atoms with van der Waals surface area (Å²) in [5.74, 6) is -5.08. The van der Waals surface area contributed by atoms with Gasteiger partial charge in [-0.1, -0.05) is 30.3 Å². The van der Waals surface area contributed by atoms with Gasteiger partial charge in [-0.25, -0.2) is 9.59 Å². The third-order valence-electron chi connectivity index (χ3n) is 7.43. The van der Waals surface area contributed by atoms with Crippen LogP contribution in [0.2, 0.25) is 0 Å². The summed E-state index contributed by atoms with van der Waals surface area (Å²) in [5.41, 5.74) is 11.2. The summed E-state index contributed by atoms with van der Waals surface area (Å²) in [6, 6.07) is 7.70. The summed E-state index contributed by atoms with van der Waals surface area (Å²) in [7, 11) is 0.